The largest absolute Gasteiger partial charge is 0.352 e. The molecule has 0 N–H and O–H groups in total. The fraction of sp³-hybridized carbons (Fsp3) is 0.409. The van der Waals surface area contributed by atoms with Gasteiger partial charge < -0.3 is 4.90 Å². The molecule has 1 aliphatic rings. The Morgan fingerprint density at radius 1 is 0.964 bits per heavy atom. The lowest BCUT2D eigenvalue weighted by Crippen LogP contribution is -2.53. The van der Waals surface area contributed by atoms with Crippen LogP contribution in [-0.4, -0.2) is 50.6 Å². The Hall–Kier alpha value is -2.73. The molecule has 1 aromatic carbocycles. The predicted octanol–water partition coefficient (Wildman–Crippen LogP) is 3.46. The van der Waals surface area contributed by atoms with E-state index in [0.29, 0.717) is 6.04 Å². The molecular weight excluding hydrogens is 348 g/mol. The van der Waals surface area contributed by atoms with Crippen molar-refractivity contribution in [2.24, 2.45) is 0 Å². The maximum Gasteiger partial charge on any atom is 0.175 e. The highest BCUT2D eigenvalue weighted by molar-refractivity contribution is 5.40. The van der Waals surface area contributed by atoms with Crippen LogP contribution in [0.15, 0.2) is 54.7 Å². The van der Waals surface area contributed by atoms with E-state index >= 15 is 0 Å². The minimum atomic E-state index is 0.536. The zero-order valence-corrected chi connectivity index (χ0v) is 16.7. The highest BCUT2D eigenvalue weighted by atomic mass is 15.4. The SMILES string of the molecule is CCCC1CN(c2ccc(-n3ccc(C)n3)nn2)CCN1Cc1ccccc1. The van der Waals surface area contributed by atoms with E-state index in [0.717, 1.165) is 43.5 Å². The van der Waals surface area contributed by atoms with Crippen LogP contribution in [0.5, 0.6) is 0 Å². The molecule has 0 aliphatic carbocycles. The maximum absolute atomic E-state index is 4.49. The maximum atomic E-state index is 4.49. The first-order chi connectivity index (χ1) is 13.7. The van der Waals surface area contributed by atoms with E-state index in [1.54, 1.807) is 4.68 Å². The van der Waals surface area contributed by atoms with Crippen LogP contribution in [-0.2, 0) is 6.54 Å². The number of aromatic nitrogens is 4. The van der Waals surface area contributed by atoms with E-state index in [1.807, 2.05) is 25.3 Å². The smallest absolute Gasteiger partial charge is 0.175 e. The number of benzene rings is 1. The van der Waals surface area contributed by atoms with Crippen molar-refractivity contribution in [3.63, 3.8) is 0 Å². The van der Waals surface area contributed by atoms with Crippen LogP contribution >= 0.6 is 0 Å². The lowest BCUT2D eigenvalue weighted by atomic mass is 10.1. The third-order valence-corrected chi connectivity index (χ3v) is 5.37. The van der Waals surface area contributed by atoms with Crippen molar-refractivity contribution in [3.8, 4) is 5.82 Å². The van der Waals surface area contributed by atoms with Gasteiger partial charge in [-0.3, -0.25) is 4.90 Å². The van der Waals surface area contributed by atoms with Gasteiger partial charge in [-0.15, -0.1) is 10.2 Å². The van der Waals surface area contributed by atoms with Crippen LogP contribution in [0.4, 0.5) is 5.82 Å². The zero-order valence-electron chi connectivity index (χ0n) is 16.7. The molecule has 0 amide bonds. The van der Waals surface area contributed by atoms with Gasteiger partial charge in [0.25, 0.3) is 0 Å². The number of hydrogen-bond acceptors (Lipinski definition) is 5. The zero-order chi connectivity index (χ0) is 19.3. The molecule has 2 aromatic heterocycles. The van der Waals surface area contributed by atoms with Crippen LogP contribution in [0.2, 0.25) is 0 Å². The minimum absolute atomic E-state index is 0.536. The standard InChI is InChI=1S/C22H28N6/c1-3-7-20-17-27(15-14-26(20)16-19-8-5-4-6-9-19)21-10-11-22(24-23-21)28-13-12-18(2)25-28/h4-6,8-13,20H,3,7,14-17H2,1-2H3. The first-order valence-corrected chi connectivity index (χ1v) is 10.1. The summed E-state index contributed by atoms with van der Waals surface area (Å²) in [6, 6.07) is 17.3. The molecule has 1 aliphatic heterocycles. The third kappa shape index (κ3) is 4.22. The first kappa shape index (κ1) is 18.6. The van der Waals surface area contributed by atoms with Crippen molar-refractivity contribution >= 4 is 5.82 Å². The van der Waals surface area contributed by atoms with Gasteiger partial charge in [0.15, 0.2) is 11.6 Å². The molecule has 146 valence electrons. The molecule has 4 rings (SSSR count). The molecule has 0 radical (unpaired) electrons. The average Bonchev–Trinajstić information content (AvgIpc) is 3.17. The molecule has 0 bridgehead atoms. The number of rotatable bonds is 6. The highest BCUT2D eigenvalue weighted by Gasteiger charge is 2.27. The normalized spacial score (nSPS) is 17.8. The van der Waals surface area contributed by atoms with Crippen molar-refractivity contribution in [3.05, 3.63) is 66.0 Å². The van der Waals surface area contributed by atoms with Gasteiger partial charge in [-0.05, 0) is 37.1 Å². The van der Waals surface area contributed by atoms with Crippen LogP contribution in [0.25, 0.3) is 5.82 Å². The van der Waals surface area contributed by atoms with E-state index < -0.39 is 0 Å². The number of piperazine rings is 1. The van der Waals surface area contributed by atoms with Crippen molar-refractivity contribution in [1.29, 1.82) is 0 Å². The fourth-order valence-electron chi connectivity index (χ4n) is 3.89. The summed E-state index contributed by atoms with van der Waals surface area (Å²) in [5, 5.41) is 13.3. The monoisotopic (exact) mass is 376 g/mol. The second-order valence-corrected chi connectivity index (χ2v) is 7.50. The van der Waals surface area contributed by atoms with E-state index in [4.69, 9.17) is 0 Å². The van der Waals surface area contributed by atoms with Crippen LogP contribution in [0.3, 0.4) is 0 Å². The van der Waals surface area contributed by atoms with Crippen LogP contribution < -0.4 is 4.90 Å². The quantitative estimate of drug-likeness (QED) is 0.659. The molecule has 6 heteroatoms. The molecular formula is C22H28N6. The molecule has 6 nitrogen and oxygen atoms in total. The lowest BCUT2D eigenvalue weighted by Gasteiger charge is -2.42. The van der Waals surface area contributed by atoms with Crippen molar-refractivity contribution in [2.75, 3.05) is 24.5 Å². The number of aryl methyl sites for hydroxylation is 1. The Labute approximate surface area is 166 Å². The van der Waals surface area contributed by atoms with Crippen molar-refractivity contribution in [2.45, 2.75) is 39.3 Å². The van der Waals surface area contributed by atoms with Gasteiger partial charge in [0.2, 0.25) is 0 Å². The summed E-state index contributed by atoms with van der Waals surface area (Å²) in [4.78, 5) is 4.98. The van der Waals surface area contributed by atoms with Crippen LogP contribution in [0, 0.1) is 6.92 Å². The molecule has 1 unspecified atom stereocenters. The van der Waals surface area contributed by atoms with Gasteiger partial charge >= 0.3 is 0 Å². The van der Waals surface area contributed by atoms with E-state index in [1.165, 1.54) is 18.4 Å². The second-order valence-electron chi connectivity index (χ2n) is 7.50. The molecule has 1 fully saturated rings. The van der Waals surface area contributed by atoms with Crippen molar-refractivity contribution in [1.82, 2.24) is 24.9 Å². The Morgan fingerprint density at radius 2 is 1.75 bits per heavy atom. The summed E-state index contributed by atoms with van der Waals surface area (Å²) < 4.78 is 1.77. The Kier molecular flexibility index (Phi) is 5.67. The molecule has 0 saturated carbocycles. The topological polar surface area (TPSA) is 50.1 Å². The van der Waals surface area contributed by atoms with Gasteiger partial charge in [0.05, 0.1) is 5.69 Å². The summed E-state index contributed by atoms with van der Waals surface area (Å²) in [7, 11) is 0. The molecule has 28 heavy (non-hydrogen) atoms. The van der Waals surface area contributed by atoms with Crippen molar-refractivity contribution < 1.29 is 0 Å². The lowest BCUT2D eigenvalue weighted by molar-refractivity contribution is 0.158. The summed E-state index contributed by atoms with van der Waals surface area (Å²) in [6.45, 7) is 8.27. The van der Waals surface area contributed by atoms with E-state index in [9.17, 15) is 0 Å². The molecule has 0 spiro atoms. The van der Waals surface area contributed by atoms with Crippen LogP contribution in [0.1, 0.15) is 31.0 Å². The predicted molar refractivity (Wildman–Crippen MR) is 112 cm³/mol. The molecule has 3 aromatic rings. The number of hydrogen-bond donors (Lipinski definition) is 0. The van der Waals surface area contributed by atoms with Gasteiger partial charge in [0.1, 0.15) is 0 Å². The summed E-state index contributed by atoms with van der Waals surface area (Å²) in [5.74, 6) is 1.71. The summed E-state index contributed by atoms with van der Waals surface area (Å²) in [5.41, 5.74) is 2.36. The van der Waals surface area contributed by atoms with Gasteiger partial charge in [-0.2, -0.15) is 5.10 Å². The first-order valence-electron chi connectivity index (χ1n) is 10.1. The minimum Gasteiger partial charge on any atom is -0.352 e. The molecule has 1 saturated heterocycles. The second kappa shape index (κ2) is 8.52. The molecule has 3 heterocycles. The number of nitrogens with zero attached hydrogens (tertiary/aromatic N) is 6. The van der Waals surface area contributed by atoms with E-state index in [2.05, 4.69) is 68.4 Å². The summed E-state index contributed by atoms with van der Waals surface area (Å²) >= 11 is 0. The number of anilines is 1. The average molecular weight is 377 g/mol. The fourth-order valence-corrected chi connectivity index (χ4v) is 3.89. The van der Waals surface area contributed by atoms with Gasteiger partial charge in [-0.1, -0.05) is 43.7 Å². The Balaban J connectivity index is 1.44. The van der Waals surface area contributed by atoms with Gasteiger partial charge in [0, 0.05) is 38.4 Å². The Bertz CT molecular complexity index is 874. The third-order valence-electron chi connectivity index (χ3n) is 5.37. The highest BCUT2D eigenvalue weighted by Crippen LogP contribution is 2.21. The Morgan fingerprint density at radius 3 is 2.43 bits per heavy atom. The summed E-state index contributed by atoms with van der Waals surface area (Å²) in [6.07, 6.45) is 4.30. The van der Waals surface area contributed by atoms with Gasteiger partial charge in [-0.25, -0.2) is 4.68 Å². The molecule has 1 atom stereocenters. The van der Waals surface area contributed by atoms with E-state index in [-0.39, 0.29) is 0 Å².